The van der Waals surface area contributed by atoms with Crippen LogP contribution in [0.15, 0.2) is 365 Å². The molecule has 0 aliphatic heterocycles. The van der Waals surface area contributed by atoms with Crippen molar-refractivity contribution in [2.45, 2.75) is 34.6 Å². The Bertz CT molecular complexity index is 8810. The molecular formula is C123H93N15O4Pt4. The van der Waals surface area contributed by atoms with Gasteiger partial charge in [0.25, 0.3) is 0 Å². The van der Waals surface area contributed by atoms with E-state index in [2.05, 4.69) is 293 Å². The van der Waals surface area contributed by atoms with Crippen molar-refractivity contribution in [3.05, 3.63) is 441 Å². The van der Waals surface area contributed by atoms with E-state index in [-0.39, 0.29) is 84.3 Å². The molecule has 0 radical (unpaired) electrons. The summed E-state index contributed by atoms with van der Waals surface area (Å²) in [6.45, 7) is 10.1. The maximum Gasteiger partial charge on any atom is 2.00 e. The van der Waals surface area contributed by atoms with E-state index in [1.54, 1.807) is 18.6 Å². The number of rotatable bonds is 19. The molecule has 12 heterocycles. The average molecular weight is 2630 g/mol. The molecule has 24 aromatic rings. The summed E-state index contributed by atoms with van der Waals surface area (Å²) < 4.78 is 32.7. The van der Waals surface area contributed by atoms with Crippen molar-refractivity contribution in [1.29, 1.82) is 0 Å². The van der Waals surface area contributed by atoms with Crippen molar-refractivity contribution < 1.29 is 103 Å². The first-order valence-electron chi connectivity index (χ1n) is 46.6. The van der Waals surface area contributed by atoms with Gasteiger partial charge in [0.15, 0.2) is 0 Å². The third-order valence-corrected chi connectivity index (χ3v) is 24.5. The molecule has 0 saturated carbocycles. The molecule has 0 unspecified atom stereocenters. The Morgan fingerprint density at radius 1 is 0.233 bits per heavy atom. The second-order valence-electron chi connectivity index (χ2n) is 35.2. The molecule has 0 atom stereocenters. The molecule has 23 heteroatoms. The third-order valence-electron chi connectivity index (χ3n) is 24.5. The molecule has 24 rings (SSSR count). The summed E-state index contributed by atoms with van der Waals surface area (Å²) in [4.78, 5) is 42.5. The third kappa shape index (κ3) is 21.8. The normalized spacial score (nSPS) is 10.9. The minimum absolute atomic E-state index is 0. The molecule has 0 aliphatic carbocycles. The Balaban J connectivity index is 0.000000132. The van der Waals surface area contributed by atoms with Crippen molar-refractivity contribution >= 4 is 104 Å². The molecule has 0 N–H and O–H groups in total. The van der Waals surface area contributed by atoms with E-state index in [0.29, 0.717) is 46.5 Å². The summed E-state index contributed by atoms with van der Waals surface area (Å²) in [6, 6.07) is 136. The molecule has 0 aliphatic rings. The molecule has 0 spiro atoms. The zero-order valence-electron chi connectivity index (χ0n) is 81.2. The van der Waals surface area contributed by atoms with E-state index in [9.17, 15) is 0 Å². The van der Waals surface area contributed by atoms with Crippen LogP contribution in [0.4, 0.5) is 17.1 Å². The van der Waals surface area contributed by atoms with Crippen molar-refractivity contribution in [1.82, 2.24) is 58.1 Å². The first kappa shape index (κ1) is 102. The Kier molecular flexibility index (Phi) is 31.5. The minimum Gasteiger partial charge on any atom is -0.460 e. The number of aromatic nitrogens is 12. The topological polar surface area (TPSA) is 169 Å². The molecular weight excluding hydrogens is 2530 g/mol. The van der Waals surface area contributed by atoms with Gasteiger partial charge in [-0.25, -0.2) is 84.4 Å². The summed E-state index contributed by atoms with van der Waals surface area (Å²) in [5, 5.41) is 9.21. The fraction of sp³-hybridized carbons (Fsp3) is 0.0894. The van der Waals surface area contributed by atoms with Crippen LogP contribution >= 0.6 is 0 Å². The van der Waals surface area contributed by atoms with Gasteiger partial charge in [-0.15, -0.1) is 72.8 Å². The Morgan fingerprint density at radius 3 is 0.904 bits per heavy atom. The van der Waals surface area contributed by atoms with Gasteiger partial charge in [-0.2, -0.15) is 97.1 Å². The SMILES string of the molecule is Cc1ccc(Oc2[c-]c(-c3[c-]c4c(cc3)c3ccccc3n4-c3cc(C)ccn3)ccc2)nc1.Cc1ccc(Oc2[c-]c(-c3[c-]c4c(cc3)c3ccccc3n4-c3ccc(N(C)C)cn3)ccc2)nc1.Cc1cccc(Oc2[c-]c(-c3[c-]c4c(cc3)c3ccccc3n4-c3ccc(N(C)C)cn3)ccc2)n1.Cc1ccnc(-n2c3[c-]c(-c4[c-]c(Oc5ncccc5N(C)C)ccc4)ccc3c3ccccc32)c1.[Pt+2].[Pt+2].[Pt+2].[Pt+2]. The van der Waals surface area contributed by atoms with Gasteiger partial charge in [0.2, 0.25) is 23.5 Å². The zero-order chi connectivity index (χ0) is 97.0. The van der Waals surface area contributed by atoms with Gasteiger partial charge in [0, 0.05) is 142 Å². The van der Waals surface area contributed by atoms with Crippen LogP contribution in [0, 0.1) is 83.1 Å². The Hall–Kier alpha value is -15.6. The number of anilines is 3. The average Bonchev–Trinajstić information content (AvgIpc) is 1.61. The van der Waals surface area contributed by atoms with E-state index in [4.69, 9.17) is 28.9 Å². The number of fused-ring (bicyclic) bond motifs is 12. The molecule has 146 heavy (non-hydrogen) atoms. The molecule has 0 bridgehead atoms. The molecule has 0 saturated heterocycles. The van der Waals surface area contributed by atoms with Crippen LogP contribution in [0.1, 0.15) is 27.9 Å². The molecule has 0 fully saturated rings. The predicted octanol–water partition coefficient (Wildman–Crippen LogP) is 28.3. The van der Waals surface area contributed by atoms with Gasteiger partial charge in [0.1, 0.15) is 23.3 Å². The predicted molar refractivity (Wildman–Crippen MR) is 571 cm³/mol. The number of hydrogen-bond donors (Lipinski definition) is 0. The van der Waals surface area contributed by atoms with Crippen LogP contribution in [-0.4, -0.2) is 100 Å². The number of pyridine rings is 8. The van der Waals surface area contributed by atoms with Crippen LogP contribution in [-0.2, 0) is 84.3 Å². The molecule has 0 amide bonds. The molecule has 12 aromatic heterocycles. The van der Waals surface area contributed by atoms with E-state index in [0.717, 1.165) is 178 Å². The van der Waals surface area contributed by atoms with Crippen molar-refractivity contribution in [3.63, 3.8) is 0 Å². The summed E-state index contributed by atoms with van der Waals surface area (Å²) in [6.07, 6.45) is 12.8. The van der Waals surface area contributed by atoms with Gasteiger partial charge in [0.05, 0.1) is 29.5 Å². The Morgan fingerprint density at radius 2 is 0.575 bits per heavy atom. The maximum absolute atomic E-state index is 6.14. The van der Waals surface area contributed by atoms with Gasteiger partial charge >= 0.3 is 84.3 Å². The summed E-state index contributed by atoms with van der Waals surface area (Å²) in [5.41, 5.74) is 24.0. The second kappa shape index (κ2) is 45.1. The second-order valence-corrected chi connectivity index (χ2v) is 35.2. The number of nitrogens with zero attached hydrogens (tertiary/aromatic N) is 15. The minimum atomic E-state index is 0. The molecule has 724 valence electrons. The van der Waals surface area contributed by atoms with Crippen LogP contribution in [0.25, 0.3) is 155 Å². The largest absolute Gasteiger partial charge is 2.00 e. The quantitative estimate of drug-likeness (QED) is 0.0700. The number of hydrogen-bond acceptors (Lipinski definition) is 15. The maximum atomic E-state index is 6.14. The Labute approximate surface area is 904 Å². The van der Waals surface area contributed by atoms with Gasteiger partial charge in [-0.3, -0.25) is 0 Å². The first-order valence-corrected chi connectivity index (χ1v) is 46.6. The van der Waals surface area contributed by atoms with E-state index < -0.39 is 0 Å². The van der Waals surface area contributed by atoms with Crippen LogP contribution in [0.2, 0.25) is 0 Å². The number of para-hydroxylation sites is 4. The van der Waals surface area contributed by atoms with E-state index in [1.165, 1.54) is 21.5 Å². The van der Waals surface area contributed by atoms with Crippen molar-refractivity contribution in [2.75, 3.05) is 57.0 Å². The van der Waals surface area contributed by atoms with Crippen LogP contribution < -0.4 is 33.6 Å². The van der Waals surface area contributed by atoms with Crippen LogP contribution in [0.5, 0.6) is 46.5 Å². The van der Waals surface area contributed by atoms with Gasteiger partial charge < -0.3 is 51.9 Å². The van der Waals surface area contributed by atoms with E-state index in [1.807, 2.05) is 242 Å². The fourth-order valence-corrected chi connectivity index (χ4v) is 17.5. The monoisotopic (exact) mass is 2620 g/mol. The number of ether oxygens (including phenoxy) is 4. The first-order chi connectivity index (χ1) is 69.4. The van der Waals surface area contributed by atoms with E-state index >= 15 is 0 Å². The number of aryl methyl sites for hydroxylation is 5. The molecule has 12 aromatic carbocycles. The van der Waals surface area contributed by atoms with Crippen LogP contribution in [0.3, 0.4) is 0 Å². The standard InChI is InChI=1S/3C31H24N4O.C30H21N3O.4Pt/c1-21-8-6-13-31(33-21)36-25-10-7-9-22(18-25)23-14-16-27-26-11-4-5-12-28(26)35(29(27)19-23)30-17-15-24(20-32-30)34(2)3;1-21-15-17-32-30(18-21)35-27-11-5-4-10-25(27)26-14-13-23(20-29(26)35)22-8-6-9-24(19-22)36-31-28(34(2)3)12-7-16-33-31;1-21-11-16-31(33-19-21)36-25-8-6-7-22(17-25)23-12-14-27-26-9-4-5-10-28(26)35(29(27)18-23)30-15-13-24(20-32-30)34(2)3;1-20-14-15-31-29(16-20)33-27-9-4-3-8-25(27)26-12-11-23(18-28(26)33)22-6-5-7-24(17-22)34-30-13-10-21(2)19-32-30;;;;/h4-17,20H,1-3H3;4-18H,1-3H3;4-16,19-20H,1-3H3;3-16,19H,1-2H3;;;;/q4*-2;4*+2. The zero-order valence-corrected chi connectivity index (χ0v) is 90.3. The fourth-order valence-electron chi connectivity index (χ4n) is 17.5. The van der Waals surface area contributed by atoms with Crippen molar-refractivity contribution in [2.24, 2.45) is 0 Å². The van der Waals surface area contributed by atoms with Gasteiger partial charge in [-0.05, 0) is 191 Å². The van der Waals surface area contributed by atoms with Gasteiger partial charge in [-0.1, -0.05) is 113 Å². The summed E-state index contributed by atoms with van der Waals surface area (Å²) >= 11 is 0. The summed E-state index contributed by atoms with van der Waals surface area (Å²) in [5.74, 6) is 8.08. The smallest absolute Gasteiger partial charge is 0.460 e. The number of benzene rings is 12. The van der Waals surface area contributed by atoms with Crippen molar-refractivity contribution in [3.8, 4) is 114 Å². The molecule has 19 nitrogen and oxygen atoms in total. The summed E-state index contributed by atoms with van der Waals surface area (Å²) in [7, 11) is 12.0.